The summed E-state index contributed by atoms with van der Waals surface area (Å²) in [5.41, 5.74) is 2.36. The Bertz CT molecular complexity index is 1630. The molecule has 238 valence electrons. The maximum absolute atomic E-state index is 15.0. The van der Waals surface area contributed by atoms with Crippen molar-refractivity contribution in [1.29, 1.82) is 0 Å². The lowest BCUT2D eigenvalue weighted by atomic mass is 10.0. The number of hydrogen-bond acceptors (Lipinski definition) is 8. The van der Waals surface area contributed by atoms with Crippen molar-refractivity contribution in [2.45, 2.75) is 71.9 Å². The summed E-state index contributed by atoms with van der Waals surface area (Å²) < 4.78 is 33.0. The van der Waals surface area contributed by atoms with Gasteiger partial charge in [0.15, 0.2) is 11.6 Å². The molecule has 8 nitrogen and oxygen atoms in total. The molecule has 3 aromatic heterocycles. The molecule has 4 aromatic rings. The number of Topliss-reactive ketones (excluding diaryl/α,β-unsaturated/α-hetero) is 1. The van der Waals surface area contributed by atoms with Gasteiger partial charge in [-0.3, -0.25) is 14.8 Å². The summed E-state index contributed by atoms with van der Waals surface area (Å²) in [5.74, 6) is 0.725. The SMILES string of the molecule is CCCOCCN(Cc1ccc(-c2cc3nccc(Oc4ccc(CC(=O)CC5CC5)cc4F)c3s2)nc1)C(=O)OC(C)(C)C. The molecule has 0 aliphatic heterocycles. The summed E-state index contributed by atoms with van der Waals surface area (Å²) in [6.07, 6.45) is 6.93. The first kappa shape index (κ1) is 32.5. The van der Waals surface area contributed by atoms with Crippen molar-refractivity contribution in [3.05, 3.63) is 71.8 Å². The molecule has 5 rings (SSSR count). The number of ether oxygens (including phenoxy) is 3. The van der Waals surface area contributed by atoms with Gasteiger partial charge in [-0.15, -0.1) is 11.3 Å². The van der Waals surface area contributed by atoms with Crippen LogP contribution in [0.4, 0.5) is 9.18 Å². The van der Waals surface area contributed by atoms with E-state index in [-0.39, 0.29) is 18.0 Å². The Balaban J connectivity index is 1.27. The van der Waals surface area contributed by atoms with E-state index in [0.717, 1.165) is 40.1 Å². The van der Waals surface area contributed by atoms with E-state index < -0.39 is 17.5 Å². The fourth-order valence-electron chi connectivity index (χ4n) is 4.79. The van der Waals surface area contributed by atoms with Crippen LogP contribution in [0.5, 0.6) is 11.5 Å². The molecule has 0 radical (unpaired) electrons. The van der Waals surface area contributed by atoms with Crippen molar-refractivity contribution in [3.63, 3.8) is 0 Å². The van der Waals surface area contributed by atoms with Crippen molar-refractivity contribution >= 4 is 33.4 Å². The van der Waals surface area contributed by atoms with Gasteiger partial charge in [-0.1, -0.05) is 19.1 Å². The second kappa shape index (κ2) is 14.5. The Labute approximate surface area is 267 Å². The van der Waals surface area contributed by atoms with Crippen molar-refractivity contribution in [2.75, 3.05) is 19.8 Å². The summed E-state index contributed by atoms with van der Waals surface area (Å²) in [7, 11) is 0. The molecule has 1 fully saturated rings. The summed E-state index contributed by atoms with van der Waals surface area (Å²) in [5, 5.41) is 0. The molecule has 0 N–H and O–H groups in total. The molecule has 0 atom stereocenters. The first-order valence-electron chi connectivity index (χ1n) is 15.5. The molecular formula is C35H40FN3O5S. The summed E-state index contributed by atoms with van der Waals surface area (Å²) in [6, 6.07) is 12.2. The summed E-state index contributed by atoms with van der Waals surface area (Å²) >= 11 is 1.45. The maximum atomic E-state index is 15.0. The van der Waals surface area contributed by atoms with Gasteiger partial charge in [0.25, 0.3) is 0 Å². The molecule has 45 heavy (non-hydrogen) atoms. The van der Waals surface area contributed by atoms with E-state index in [4.69, 9.17) is 14.2 Å². The van der Waals surface area contributed by atoms with E-state index in [1.165, 1.54) is 17.4 Å². The second-order valence-electron chi connectivity index (χ2n) is 12.4. The number of fused-ring (bicyclic) bond motifs is 1. The predicted octanol–water partition coefficient (Wildman–Crippen LogP) is 8.37. The van der Waals surface area contributed by atoms with Crippen molar-refractivity contribution in [3.8, 4) is 22.1 Å². The van der Waals surface area contributed by atoms with E-state index in [1.807, 2.05) is 45.9 Å². The van der Waals surface area contributed by atoms with Gasteiger partial charge in [0.2, 0.25) is 0 Å². The van der Waals surface area contributed by atoms with Gasteiger partial charge in [-0.25, -0.2) is 9.18 Å². The van der Waals surface area contributed by atoms with Crippen LogP contribution in [0.25, 0.3) is 20.8 Å². The molecule has 0 spiro atoms. The molecule has 1 aliphatic rings. The van der Waals surface area contributed by atoms with Gasteiger partial charge >= 0.3 is 6.09 Å². The number of hydrogen-bond donors (Lipinski definition) is 0. The number of carbonyl (C=O) groups is 2. The average Bonchev–Trinajstić information content (AvgIpc) is 3.69. The van der Waals surface area contributed by atoms with Crippen LogP contribution in [0.15, 0.2) is 54.9 Å². The summed E-state index contributed by atoms with van der Waals surface area (Å²) in [4.78, 5) is 36.7. The first-order valence-corrected chi connectivity index (χ1v) is 16.3. The number of pyridine rings is 2. The monoisotopic (exact) mass is 633 g/mol. The molecule has 1 saturated carbocycles. The lowest BCUT2D eigenvalue weighted by Crippen LogP contribution is -2.38. The van der Waals surface area contributed by atoms with Gasteiger partial charge in [0.1, 0.15) is 17.1 Å². The molecular weight excluding hydrogens is 593 g/mol. The van der Waals surface area contributed by atoms with Gasteiger partial charge in [-0.2, -0.15) is 0 Å². The van der Waals surface area contributed by atoms with Gasteiger partial charge in [0.05, 0.1) is 33.9 Å². The van der Waals surface area contributed by atoms with Crippen LogP contribution in [-0.4, -0.2) is 52.1 Å². The van der Waals surface area contributed by atoms with Gasteiger partial charge in [-0.05, 0) is 81.3 Å². The van der Waals surface area contributed by atoms with Crippen LogP contribution < -0.4 is 4.74 Å². The normalized spacial score (nSPS) is 13.2. The third kappa shape index (κ3) is 9.31. The van der Waals surface area contributed by atoms with E-state index in [1.54, 1.807) is 35.5 Å². The lowest BCUT2D eigenvalue weighted by Gasteiger charge is -2.27. The highest BCUT2D eigenvalue weighted by Crippen LogP contribution is 2.39. The minimum absolute atomic E-state index is 0.0907. The molecule has 1 aromatic carbocycles. The number of thiophene rings is 1. The minimum atomic E-state index is -0.607. The maximum Gasteiger partial charge on any atom is 0.410 e. The van der Waals surface area contributed by atoms with E-state index in [9.17, 15) is 14.0 Å². The highest BCUT2D eigenvalue weighted by molar-refractivity contribution is 7.22. The number of carbonyl (C=O) groups excluding carboxylic acids is 2. The van der Waals surface area contributed by atoms with Crippen LogP contribution >= 0.6 is 11.3 Å². The third-order valence-corrected chi connectivity index (χ3v) is 8.32. The molecule has 0 unspecified atom stereocenters. The highest BCUT2D eigenvalue weighted by atomic mass is 32.1. The standard InChI is InChI=1S/C35H40FN3O5S/c1-5-15-42-16-14-39(34(41)44-35(2,3)4)22-25-8-10-28(38-21-25)32-20-29-33(45-32)31(12-13-37-29)43-30-11-9-24(19-27(30)36)18-26(40)17-23-6-7-23/h8-13,19-21,23H,5-7,14-18,22H2,1-4H3. The fraction of sp³-hybridized carbons (Fsp3) is 0.429. The number of aromatic nitrogens is 2. The largest absolute Gasteiger partial charge is 0.453 e. The Morgan fingerprint density at radius 1 is 1.02 bits per heavy atom. The van der Waals surface area contributed by atoms with Crippen LogP contribution in [0.2, 0.25) is 0 Å². The predicted molar refractivity (Wildman–Crippen MR) is 173 cm³/mol. The highest BCUT2D eigenvalue weighted by Gasteiger charge is 2.25. The number of rotatable bonds is 14. The minimum Gasteiger partial charge on any atom is -0.453 e. The average molecular weight is 634 g/mol. The molecule has 10 heteroatoms. The molecule has 0 bridgehead atoms. The zero-order valence-electron chi connectivity index (χ0n) is 26.3. The van der Waals surface area contributed by atoms with E-state index in [0.29, 0.717) is 55.5 Å². The zero-order valence-corrected chi connectivity index (χ0v) is 27.1. The molecule has 1 amide bonds. The Hall–Kier alpha value is -3.89. The number of amides is 1. The second-order valence-corrected chi connectivity index (χ2v) is 13.5. The Morgan fingerprint density at radius 3 is 2.51 bits per heavy atom. The fourth-order valence-corrected chi connectivity index (χ4v) is 5.83. The number of nitrogens with zero attached hydrogens (tertiary/aromatic N) is 3. The topological polar surface area (TPSA) is 90.9 Å². The van der Waals surface area contributed by atoms with E-state index >= 15 is 0 Å². The van der Waals surface area contributed by atoms with Crippen molar-refractivity contribution in [1.82, 2.24) is 14.9 Å². The number of benzene rings is 1. The van der Waals surface area contributed by atoms with Crippen LogP contribution in [0.1, 0.15) is 64.5 Å². The quantitative estimate of drug-likeness (QED) is 0.129. The van der Waals surface area contributed by atoms with Crippen LogP contribution in [-0.2, 0) is 27.2 Å². The van der Waals surface area contributed by atoms with E-state index in [2.05, 4.69) is 9.97 Å². The Kier molecular flexibility index (Phi) is 10.5. The summed E-state index contributed by atoms with van der Waals surface area (Å²) in [6.45, 7) is 9.37. The van der Waals surface area contributed by atoms with Crippen LogP contribution in [0, 0.1) is 11.7 Å². The first-order chi connectivity index (χ1) is 21.6. The Morgan fingerprint density at radius 2 is 1.82 bits per heavy atom. The van der Waals surface area contributed by atoms with Crippen molar-refractivity contribution < 1.29 is 28.2 Å². The van der Waals surface area contributed by atoms with Crippen LogP contribution in [0.3, 0.4) is 0 Å². The van der Waals surface area contributed by atoms with Crippen molar-refractivity contribution in [2.24, 2.45) is 5.92 Å². The number of halogens is 1. The molecule has 0 saturated heterocycles. The zero-order chi connectivity index (χ0) is 32.0. The smallest absolute Gasteiger partial charge is 0.410 e. The van der Waals surface area contributed by atoms with Gasteiger partial charge in [0, 0.05) is 44.5 Å². The third-order valence-electron chi connectivity index (χ3n) is 7.16. The lowest BCUT2D eigenvalue weighted by molar-refractivity contribution is -0.118. The number of ketones is 1. The molecule has 1 aliphatic carbocycles. The van der Waals surface area contributed by atoms with Gasteiger partial charge < -0.3 is 19.1 Å². The molecule has 3 heterocycles.